The summed E-state index contributed by atoms with van der Waals surface area (Å²) in [6.07, 6.45) is 14.3. The molecule has 0 radical (unpaired) electrons. The van der Waals surface area contributed by atoms with Gasteiger partial charge in [0, 0.05) is 161 Å². The first-order chi connectivity index (χ1) is 73.9. The van der Waals surface area contributed by atoms with Crippen molar-refractivity contribution < 1.29 is 0 Å². The zero-order chi connectivity index (χ0) is 97.1. The van der Waals surface area contributed by atoms with Crippen molar-refractivity contribution in [3.8, 4) is 45.0 Å². The van der Waals surface area contributed by atoms with Crippen molar-refractivity contribution in [1.82, 2.24) is 58.1 Å². The van der Waals surface area contributed by atoms with Gasteiger partial charge in [0.2, 0.25) is 0 Å². The molecule has 2 aliphatic carbocycles. The number of fused-ring (bicyclic) bond motifs is 50. The predicted octanol–water partition coefficient (Wildman–Crippen LogP) is 36.3. The fourth-order valence-corrected chi connectivity index (χ4v) is 32.2. The molecular formula is C131H72N12S6. The number of hydrogen-bond acceptors (Lipinski definition) is 14. The van der Waals surface area contributed by atoms with E-state index in [-0.39, 0.29) is 5.41 Å². The van der Waals surface area contributed by atoms with Crippen LogP contribution in [-0.4, -0.2) is 58.1 Å². The highest BCUT2D eigenvalue weighted by Crippen LogP contribution is 2.64. The quantitative estimate of drug-likeness (QED) is 0.160. The van der Waals surface area contributed by atoms with Crippen molar-refractivity contribution in [3.63, 3.8) is 0 Å². The molecule has 36 rings (SSSR count). The molecule has 0 atom stereocenters. The van der Waals surface area contributed by atoms with Gasteiger partial charge in [-0.2, -0.15) is 0 Å². The number of nitrogens with zero attached hydrogens (tertiary/aromatic N) is 12. The first kappa shape index (κ1) is 83.3. The second-order valence-corrected chi connectivity index (χ2v) is 44.9. The van der Waals surface area contributed by atoms with Gasteiger partial charge in [-0.3, -0.25) is 0 Å². The summed E-state index contributed by atoms with van der Waals surface area (Å²) in [4.78, 5) is 35.5. The Bertz CT molecular complexity index is 11700. The van der Waals surface area contributed by atoms with Crippen LogP contribution in [0.1, 0.15) is 22.3 Å². The highest BCUT2D eigenvalue weighted by molar-refractivity contribution is 7.29. The molecular weight excluding hydrogens is 1930 g/mol. The topological polar surface area (TPSA) is 123 Å². The predicted molar refractivity (Wildman–Crippen MR) is 632 cm³/mol. The maximum atomic E-state index is 4.65. The van der Waals surface area contributed by atoms with Crippen molar-refractivity contribution in [1.29, 1.82) is 0 Å². The van der Waals surface area contributed by atoms with Gasteiger partial charge in [-0.05, 0) is 210 Å². The minimum Gasteiger partial charge on any atom is -0.309 e. The van der Waals surface area contributed by atoms with Crippen molar-refractivity contribution in [2.24, 2.45) is 0 Å². The molecule has 34 aromatic rings. The van der Waals surface area contributed by atoms with Crippen LogP contribution in [0.25, 0.3) is 286 Å². The van der Waals surface area contributed by atoms with Gasteiger partial charge in [0.05, 0.1) is 101 Å². The number of thiophene rings is 6. The number of aromatic nitrogens is 12. The van der Waals surface area contributed by atoms with Gasteiger partial charge in [0.25, 0.3) is 0 Å². The summed E-state index contributed by atoms with van der Waals surface area (Å²) in [6, 6.07) is 143. The van der Waals surface area contributed by atoms with Crippen LogP contribution in [-0.2, 0) is 5.41 Å². The number of hydrogen-bond donors (Lipinski definition) is 0. The number of para-hydroxylation sites is 4. The normalized spacial score (nSPS) is 12.8. The molecule has 2 aliphatic rings. The Morgan fingerprint density at radius 2 is 0.470 bits per heavy atom. The Kier molecular flexibility index (Phi) is 17.9. The lowest BCUT2D eigenvalue weighted by atomic mass is 9.70. The number of benzene rings is 20. The van der Waals surface area contributed by atoms with Crippen molar-refractivity contribution in [2.45, 2.75) is 5.41 Å². The summed E-state index contributed by atoms with van der Waals surface area (Å²) in [5, 5.41) is 28.0. The summed E-state index contributed by atoms with van der Waals surface area (Å²) in [7, 11) is 0. The summed E-state index contributed by atoms with van der Waals surface area (Å²) in [6.45, 7) is 0. The average Bonchev–Trinajstić information content (AvgIpc) is 1.50. The number of rotatable bonds is 4. The molecule has 12 nitrogen and oxygen atoms in total. The third-order valence-corrected chi connectivity index (χ3v) is 38.2. The van der Waals surface area contributed by atoms with E-state index in [0.717, 1.165) is 40.9 Å². The average molecular weight is 2010 g/mol. The summed E-state index contributed by atoms with van der Waals surface area (Å²) in [5.41, 5.74) is 29.0. The van der Waals surface area contributed by atoms with Gasteiger partial charge in [0.1, 0.15) is 25.3 Å². The molecule has 692 valence electrons. The van der Waals surface area contributed by atoms with Gasteiger partial charge in [0.15, 0.2) is 0 Å². The Morgan fingerprint density at radius 1 is 0.174 bits per heavy atom. The van der Waals surface area contributed by atoms with Gasteiger partial charge in [-0.15, -0.1) is 68.0 Å². The van der Waals surface area contributed by atoms with Crippen LogP contribution >= 0.6 is 68.0 Å². The smallest absolute Gasteiger partial charge is 0.116 e. The van der Waals surface area contributed by atoms with E-state index < -0.39 is 0 Å². The van der Waals surface area contributed by atoms with Gasteiger partial charge in [-0.25, -0.2) is 39.9 Å². The minimum atomic E-state index is -0.370. The van der Waals surface area contributed by atoms with E-state index in [0.29, 0.717) is 0 Å². The van der Waals surface area contributed by atoms with Crippen LogP contribution in [0.15, 0.2) is 438 Å². The van der Waals surface area contributed by atoms with Crippen molar-refractivity contribution >= 4 is 309 Å². The molecule has 0 saturated carbocycles. The molecule has 0 bridgehead atoms. The van der Waals surface area contributed by atoms with Crippen molar-refractivity contribution in [3.05, 3.63) is 461 Å². The highest BCUT2D eigenvalue weighted by atomic mass is 32.1. The SMILES string of the molecule is c1ccc2c(c1)-c1ccccc1C21c2ccccc2-c2ccc(-n3c4ccccc4c4c5sc6cncnc6c5ccc43)cc21.c1ccc2c(c1)c1ccccc1c1cc(-n3c4ccccc4c4c5sc6cncnc6c5ccc43)ccc21.c1ccc2c(c1)sc1c(-n3c4ccccc4c4c5sc6cncnc6c5ccc43)cccc12.c1ccc2c(c1)sc1ccc(-n3c4ccccc4c4c5sc6cncnc6c5ccc43)cc12. The summed E-state index contributed by atoms with van der Waals surface area (Å²) in [5.74, 6) is 0. The zero-order valence-electron chi connectivity index (χ0n) is 78.9. The Labute approximate surface area is 870 Å². The van der Waals surface area contributed by atoms with Crippen LogP contribution in [0.3, 0.4) is 0 Å². The maximum absolute atomic E-state index is 4.65. The van der Waals surface area contributed by atoms with Crippen molar-refractivity contribution in [2.75, 3.05) is 0 Å². The molecule has 18 heteroatoms. The van der Waals surface area contributed by atoms with E-state index in [1.165, 1.54) is 267 Å². The molecule has 0 fully saturated rings. The van der Waals surface area contributed by atoms with Crippen LogP contribution in [0.2, 0.25) is 0 Å². The molecule has 0 N–H and O–H groups in total. The molecule has 14 heterocycles. The van der Waals surface area contributed by atoms with E-state index in [1.807, 2.05) is 47.5 Å². The first-order valence-corrected chi connectivity index (χ1v) is 54.6. The second-order valence-electron chi connectivity index (χ2n) is 38.6. The van der Waals surface area contributed by atoms with Crippen LogP contribution in [0.5, 0.6) is 0 Å². The first-order valence-electron chi connectivity index (χ1n) is 49.7. The standard InChI is InChI=1S/C41H23N3S.C34H19N3S.2C28H15N3S2/c1-5-13-31-25(9-1)26-10-2-6-14-32(26)41(31)33-15-7-3-11-27(33)28-18-17-24(21-34(28)41)44-35-16-8-4-12-29(35)38-36(44)20-19-30-39-37(45-40(30)38)22-42-23-43-39;1-2-9-23-21(7-1)22-8-3-4-10-24(22)28-17-20(13-14-25(23)28)37-29-12-6-5-11-26(29)32-30(37)16-15-27-33-31(38-34(27)32)18-35-19-36-33;1-3-9-20-18(7-1)25-21(13-12-19-26-24(33-28(19)25)14-29-15-30-26)31(20)22-10-5-8-17-16-6-2-4-11-23(16)32-27(17)22;1-3-7-21-18(6-1)26-22(11-10-19-27-25(33-28(19)26)14-29-15-30-27)31(21)16-9-12-24-20(13-16)17-5-2-4-8-23(17)32-24/h1-23H;1-19H;2*1-15H. The molecule has 14 aromatic heterocycles. The Morgan fingerprint density at radius 3 is 0.906 bits per heavy atom. The Balaban J connectivity index is 0.0000000869. The van der Waals surface area contributed by atoms with Crippen LogP contribution in [0, 0.1) is 0 Å². The molecule has 1 spiro atoms. The largest absolute Gasteiger partial charge is 0.309 e. The minimum absolute atomic E-state index is 0.370. The lowest BCUT2D eigenvalue weighted by Crippen LogP contribution is -2.26. The molecule has 0 saturated heterocycles. The van der Waals surface area contributed by atoms with E-state index in [2.05, 4.69) is 446 Å². The van der Waals surface area contributed by atoms with E-state index >= 15 is 0 Å². The molecule has 149 heavy (non-hydrogen) atoms. The third kappa shape index (κ3) is 11.9. The van der Waals surface area contributed by atoms with E-state index in [1.54, 1.807) is 70.7 Å². The van der Waals surface area contributed by atoms with Gasteiger partial charge < -0.3 is 18.3 Å². The monoisotopic (exact) mass is 2000 g/mol. The lowest BCUT2D eigenvalue weighted by molar-refractivity contribution is 0.792. The fourth-order valence-electron chi connectivity index (χ4n) is 25.2. The summed E-state index contributed by atoms with van der Waals surface area (Å²) < 4.78 is 24.6. The maximum Gasteiger partial charge on any atom is 0.116 e. The molecule has 0 unspecified atom stereocenters. The van der Waals surface area contributed by atoms with Crippen LogP contribution < -0.4 is 0 Å². The van der Waals surface area contributed by atoms with Gasteiger partial charge in [-0.1, -0.05) is 255 Å². The van der Waals surface area contributed by atoms with E-state index in [9.17, 15) is 0 Å². The fraction of sp³-hybridized carbons (Fsp3) is 0.00763. The molecule has 0 amide bonds. The lowest BCUT2D eigenvalue weighted by Gasteiger charge is -2.30. The van der Waals surface area contributed by atoms with Gasteiger partial charge >= 0.3 is 0 Å². The molecule has 0 aliphatic heterocycles. The van der Waals surface area contributed by atoms with Crippen LogP contribution in [0.4, 0.5) is 0 Å². The summed E-state index contributed by atoms with van der Waals surface area (Å²) >= 11 is 10.9. The molecule has 20 aromatic carbocycles. The second kappa shape index (κ2) is 32.0. The third-order valence-electron chi connectivity index (χ3n) is 31.2. The van der Waals surface area contributed by atoms with E-state index in [4.69, 9.17) is 0 Å². The Hall–Kier alpha value is -18.0. The highest BCUT2D eigenvalue weighted by Gasteiger charge is 2.52. The zero-order valence-corrected chi connectivity index (χ0v) is 83.8.